The molecule has 1 aliphatic carbocycles. The van der Waals surface area contributed by atoms with Crippen molar-refractivity contribution in [3.8, 4) is 11.3 Å². The van der Waals surface area contributed by atoms with Crippen molar-refractivity contribution in [2.24, 2.45) is 0 Å². The molecule has 0 saturated heterocycles. The zero-order valence-electron chi connectivity index (χ0n) is 15.8. The Bertz CT molecular complexity index is 1210. The third-order valence-corrected chi connectivity index (χ3v) is 5.39. The summed E-state index contributed by atoms with van der Waals surface area (Å²) in [5.74, 6) is 0.426. The van der Waals surface area contributed by atoms with Gasteiger partial charge in [-0.3, -0.25) is 4.79 Å². The molecule has 0 radical (unpaired) electrons. The van der Waals surface area contributed by atoms with Gasteiger partial charge >= 0.3 is 0 Å². The lowest BCUT2D eigenvalue weighted by Gasteiger charge is -2.07. The van der Waals surface area contributed by atoms with Crippen molar-refractivity contribution in [1.82, 2.24) is 19.6 Å². The van der Waals surface area contributed by atoms with E-state index in [9.17, 15) is 4.79 Å². The summed E-state index contributed by atoms with van der Waals surface area (Å²) in [6, 6.07) is 14.5. The fourth-order valence-electron chi connectivity index (χ4n) is 3.46. The summed E-state index contributed by atoms with van der Waals surface area (Å²) in [7, 11) is 0. The molecular weight excluding hydrogens is 386 g/mol. The molecular formula is C22H18ClN5O. The number of nitrogens with one attached hydrogen (secondary N) is 1. The van der Waals surface area contributed by atoms with Crippen LogP contribution in [0, 0.1) is 6.92 Å². The number of pyridine rings is 1. The van der Waals surface area contributed by atoms with Crippen molar-refractivity contribution in [2.75, 3.05) is 5.32 Å². The number of nitrogens with zero attached hydrogens (tertiary/aromatic N) is 4. The molecule has 3 aromatic heterocycles. The number of hydrogen-bond acceptors (Lipinski definition) is 4. The number of imidazole rings is 1. The Morgan fingerprint density at radius 2 is 1.86 bits per heavy atom. The predicted octanol–water partition coefficient (Wildman–Crippen LogP) is 4.88. The van der Waals surface area contributed by atoms with Crippen LogP contribution in [0.3, 0.4) is 0 Å². The first-order chi connectivity index (χ1) is 14.1. The van der Waals surface area contributed by atoms with E-state index in [1.54, 1.807) is 24.3 Å². The number of aromatic nitrogens is 4. The average Bonchev–Trinajstić information content (AvgIpc) is 3.53. The number of anilines is 1. The molecule has 0 unspecified atom stereocenters. The fraction of sp³-hybridized carbons (Fsp3) is 0.182. The number of aryl methyl sites for hydroxylation is 1. The van der Waals surface area contributed by atoms with Gasteiger partial charge in [-0.05, 0) is 56.2 Å². The molecule has 6 nitrogen and oxygen atoms in total. The summed E-state index contributed by atoms with van der Waals surface area (Å²) in [5, 5.41) is 11.2. The highest BCUT2D eigenvalue weighted by Gasteiger charge is 2.28. The second-order valence-electron chi connectivity index (χ2n) is 7.28. The molecule has 1 amide bonds. The highest BCUT2D eigenvalue weighted by molar-refractivity contribution is 6.29. The summed E-state index contributed by atoms with van der Waals surface area (Å²) >= 11 is 5.78. The lowest BCUT2D eigenvalue weighted by Crippen LogP contribution is -2.12. The third-order valence-electron chi connectivity index (χ3n) is 5.19. The maximum Gasteiger partial charge on any atom is 0.255 e. The smallest absolute Gasteiger partial charge is 0.255 e. The first-order valence-electron chi connectivity index (χ1n) is 9.48. The molecule has 7 heteroatoms. The van der Waals surface area contributed by atoms with Crippen molar-refractivity contribution in [3.05, 3.63) is 76.8 Å². The number of benzene rings is 1. The first-order valence-corrected chi connectivity index (χ1v) is 9.86. The van der Waals surface area contributed by atoms with Gasteiger partial charge in [0.05, 0.1) is 17.1 Å². The van der Waals surface area contributed by atoms with Gasteiger partial charge in [-0.25, -0.2) is 4.98 Å². The monoisotopic (exact) mass is 403 g/mol. The predicted molar refractivity (Wildman–Crippen MR) is 112 cm³/mol. The van der Waals surface area contributed by atoms with Crippen molar-refractivity contribution >= 4 is 28.8 Å². The standard InChI is InChI=1S/C22H18ClN5O/c1-13-21(15-4-5-15)25-20-11-8-17(12-28(13)20)24-22(29)16-6-2-14(3-7-16)18-9-10-19(23)27-26-18/h2-3,6-12,15H,4-5H2,1H3,(H,24,29). The van der Waals surface area contributed by atoms with Crippen LogP contribution in [-0.2, 0) is 0 Å². The molecule has 144 valence electrons. The van der Waals surface area contributed by atoms with Crippen LogP contribution in [0.2, 0.25) is 5.15 Å². The van der Waals surface area contributed by atoms with Gasteiger partial charge in [0.25, 0.3) is 5.91 Å². The Morgan fingerprint density at radius 1 is 1.07 bits per heavy atom. The van der Waals surface area contributed by atoms with E-state index in [-0.39, 0.29) is 5.91 Å². The van der Waals surface area contributed by atoms with Crippen LogP contribution in [0.1, 0.15) is 40.5 Å². The number of fused-ring (bicyclic) bond motifs is 1. The van der Waals surface area contributed by atoms with Crippen LogP contribution in [0.15, 0.2) is 54.7 Å². The Kier molecular flexibility index (Phi) is 4.28. The molecule has 1 fully saturated rings. The molecule has 1 aliphatic rings. The third kappa shape index (κ3) is 3.47. The molecule has 29 heavy (non-hydrogen) atoms. The summed E-state index contributed by atoms with van der Waals surface area (Å²) < 4.78 is 2.05. The first kappa shape index (κ1) is 17.8. The molecule has 0 atom stereocenters. The Hall–Kier alpha value is -3.25. The quantitative estimate of drug-likeness (QED) is 0.527. The number of rotatable bonds is 4. The molecule has 5 rings (SSSR count). The van der Waals surface area contributed by atoms with Gasteiger partial charge in [0.2, 0.25) is 0 Å². The van der Waals surface area contributed by atoms with Gasteiger partial charge in [-0.15, -0.1) is 10.2 Å². The number of halogens is 1. The zero-order valence-corrected chi connectivity index (χ0v) is 16.5. The highest BCUT2D eigenvalue weighted by Crippen LogP contribution is 2.41. The van der Waals surface area contributed by atoms with Crippen LogP contribution in [-0.4, -0.2) is 25.5 Å². The SMILES string of the molecule is Cc1c(C2CC2)nc2ccc(NC(=O)c3ccc(-c4ccc(Cl)nn4)cc3)cn12. The maximum atomic E-state index is 12.7. The second kappa shape index (κ2) is 6.97. The zero-order chi connectivity index (χ0) is 20.0. The average molecular weight is 404 g/mol. The summed E-state index contributed by atoms with van der Waals surface area (Å²) in [6.45, 7) is 2.08. The van der Waals surface area contributed by atoms with Gasteiger partial charge in [0.15, 0.2) is 5.15 Å². The number of hydrogen-bond donors (Lipinski definition) is 1. The van der Waals surface area contributed by atoms with E-state index in [0.717, 1.165) is 22.6 Å². The minimum atomic E-state index is -0.168. The van der Waals surface area contributed by atoms with E-state index >= 15 is 0 Å². The molecule has 1 aromatic carbocycles. The van der Waals surface area contributed by atoms with E-state index < -0.39 is 0 Å². The van der Waals surface area contributed by atoms with Crippen molar-refractivity contribution in [1.29, 1.82) is 0 Å². The van der Waals surface area contributed by atoms with Crippen LogP contribution in [0.25, 0.3) is 16.9 Å². The van der Waals surface area contributed by atoms with E-state index in [1.165, 1.54) is 18.5 Å². The number of amides is 1. The van der Waals surface area contributed by atoms with Crippen molar-refractivity contribution in [2.45, 2.75) is 25.7 Å². The second-order valence-corrected chi connectivity index (χ2v) is 7.66. The van der Waals surface area contributed by atoms with Crippen molar-refractivity contribution in [3.63, 3.8) is 0 Å². The minimum absolute atomic E-state index is 0.168. The lowest BCUT2D eigenvalue weighted by molar-refractivity contribution is 0.102. The topological polar surface area (TPSA) is 72.2 Å². The Morgan fingerprint density at radius 3 is 2.55 bits per heavy atom. The lowest BCUT2D eigenvalue weighted by atomic mass is 10.1. The van der Waals surface area contributed by atoms with Crippen LogP contribution >= 0.6 is 11.6 Å². The maximum absolute atomic E-state index is 12.7. The van der Waals surface area contributed by atoms with Gasteiger partial charge in [0, 0.05) is 28.9 Å². The highest BCUT2D eigenvalue weighted by atomic mass is 35.5. The minimum Gasteiger partial charge on any atom is -0.321 e. The van der Waals surface area contributed by atoms with E-state index in [2.05, 4.69) is 22.4 Å². The molecule has 0 aliphatic heterocycles. The van der Waals surface area contributed by atoms with E-state index in [0.29, 0.717) is 22.3 Å². The van der Waals surface area contributed by atoms with Crippen LogP contribution in [0.4, 0.5) is 5.69 Å². The Balaban J connectivity index is 1.35. The van der Waals surface area contributed by atoms with Crippen molar-refractivity contribution < 1.29 is 4.79 Å². The number of carbonyl (C=O) groups excluding carboxylic acids is 1. The normalized spacial score (nSPS) is 13.6. The molecule has 3 heterocycles. The van der Waals surface area contributed by atoms with Gasteiger partial charge in [0.1, 0.15) is 5.65 Å². The van der Waals surface area contributed by atoms with E-state index in [4.69, 9.17) is 16.6 Å². The van der Waals surface area contributed by atoms with Gasteiger partial charge in [-0.1, -0.05) is 23.7 Å². The molecule has 0 spiro atoms. The molecule has 1 N–H and O–H groups in total. The van der Waals surface area contributed by atoms with Gasteiger partial charge < -0.3 is 9.72 Å². The number of carbonyl (C=O) groups is 1. The molecule has 0 bridgehead atoms. The largest absolute Gasteiger partial charge is 0.321 e. The van der Waals surface area contributed by atoms with Crippen LogP contribution < -0.4 is 5.32 Å². The van der Waals surface area contributed by atoms with Crippen LogP contribution in [0.5, 0.6) is 0 Å². The van der Waals surface area contributed by atoms with E-state index in [1.807, 2.05) is 34.9 Å². The summed E-state index contributed by atoms with van der Waals surface area (Å²) in [4.78, 5) is 17.4. The van der Waals surface area contributed by atoms with Gasteiger partial charge in [-0.2, -0.15) is 0 Å². The molecule has 4 aromatic rings. The Labute approximate surface area is 172 Å². The summed E-state index contributed by atoms with van der Waals surface area (Å²) in [5.41, 5.74) is 6.11. The summed E-state index contributed by atoms with van der Waals surface area (Å²) in [6.07, 6.45) is 4.36. The fourth-order valence-corrected chi connectivity index (χ4v) is 3.56. The molecule has 1 saturated carbocycles.